The maximum absolute atomic E-state index is 13.0. The third-order valence-corrected chi connectivity index (χ3v) is 11.1. The SMILES string of the molecule is CC(C)CCC(=O)[C@@H](C)[C@H]1CC[C@H]2[C@@H]3CC=C4C(C)(C)[C@@H](O)CC[C@]4(C)[C@H]3CC[C@]12C. The molecule has 1 N–H and O–H groups in total. The van der Waals surface area contributed by atoms with Crippen LogP contribution in [0.15, 0.2) is 11.6 Å². The number of hydrogen-bond donors (Lipinski definition) is 1. The van der Waals surface area contributed by atoms with Gasteiger partial charge in [-0.15, -0.1) is 0 Å². The number of Topliss-reactive ketones (excluding diaryl/α,β-unsaturated/α-hetero) is 1. The smallest absolute Gasteiger partial charge is 0.136 e. The zero-order valence-corrected chi connectivity index (χ0v) is 21.3. The van der Waals surface area contributed by atoms with Crippen molar-refractivity contribution in [1.29, 1.82) is 0 Å². The molecule has 0 aliphatic heterocycles. The first-order valence-corrected chi connectivity index (χ1v) is 13.3. The summed E-state index contributed by atoms with van der Waals surface area (Å²) in [6.07, 6.45) is 12.6. The highest BCUT2D eigenvalue weighted by Gasteiger charge is 2.61. The Bertz CT molecular complexity index is 733. The summed E-state index contributed by atoms with van der Waals surface area (Å²) in [7, 11) is 0. The van der Waals surface area contributed by atoms with Crippen molar-refractivity contribution in [2.24, 2.45) is 51.8 Å². The molecular formula is C29H48O2. The van der Waals surface area contributed by atoms with E-state index < -0.39 is 0 Å². The number of allylic oxidation sites excluding steroid dienone is 1. The number of aliphatic hydroxyl groups excluding tert-OH is 1. The van der Waals surface area contributed by atoms with Gasteiger partial charge in [0.05, 0.1) is 6.10 Å². The van der Waals surface area contributed by atoms with Crippen molar-refractivity contribution < 1.29 is 9.90 Å². The lowest BCUT2D eigenvalue weighted by atomic mass is 9.44. The van der Waals surface area contributed by atoms with E-state index in [1.165, 1.54) is 32.1 Å². The molecule has 0 heterocycles. The molecule has 0 unspecified atom stereocenters. The predicted molar refractivity (Wildman–Crippen MR) is 129 cm³/mol. The van der Waals surface area contributed by atoms with Crippen LogP contribution in [0.3, 0.4) is 0 Å². The van der Waals surface area contributed by atoms with Crippen LogP contribution < -0.4 is 0 Å². The fourth-order valence-electron chi connectivity index (χ4n) is 9.13. The molecule has 8 atom stereocenters. The first-order chi connectivity index (χ1) is 14.4. The number of carbonyl (C=O) groups excluding carboxylic acids is 1. The molecule has 4 aliphatic carbocycles. The van der Waals surface area contributed by atoms with Crippen molar-refractivity contribution in [2.75, 3.05) is 0 Å². The monoisotopic (exact) mass is 428 g/mol. The minimum absolute atomic E-state index is 0.0890. The maximum Gasteiger partial charge on any atom is 0.136 e. The number of rotatable bonds is 5. The van der Waals surface area contributed by atoms with Gasteiger partial charge in [0.25, 0.3) is 0 Å². The van der Waals surface area contributed by atoms with Crippen LogP contribution in [0.1, 0.15) is 106 Å². The number of ketones is 1. The van der Waals surface area contributed by atoms with Crippen molar-refractivity contribution in [3.05, 3.63) is 11.6 Å². The van der Waals surface area contributed by atoms with E-state index in [1.807, 2.05) is 0 Å². The molecule has 0 bridgehead atoms. The molecule has 4 rings (SSSR count). The molecule has 4 aliphatic rings. The summed E-state index contributed by atoms with van der Waals surface area (Å²) in [4.78, 5) is 13.0. The Morgan fingerprint density at radius 2 is 1.74 bits per heavy atom. The third kappa shape index (κ3) is 3.58. The number of aliphatic hydroxyl groups is 1. The standard InChI is InChI=1S/C29H48O2/c1-18(2)8-12-24(30)19(3)21-10-11-22-20-9-13-25-27(4,5)26(31)15-17-29(25,7)23(20)14-16-28(21,22)6/h13,18-23,26,31H,8-12,14-17H2,1-7H3/t19-,20-,21+,22-,23-,26-,28+,29+/m0/s1. The minimum Gasteiger partial charge on any atom is -0.392 e. The highest BCUT2D eigenvalue weighted by Crippen LogP contribution is 2.68. The lowest BCUT2D eigenvalue weighted by molar-refractivity contribution is -0.127. The second-order valence-corrected chi connectivity index (χ2v) is 13.3. The molecule has 2 heteroatoms. The molecular weight excluding hydrogens is 380 g/mol. The van der Waals surface area contributed by atoms with Crippen LogP contribution >= 0.6 is 0 Å². The Morgan fingerprint density at radius 1 is 1.03 bits per heavy atom. The summed E-state index contributed by atoms with van der Waals surface area (Å²) in [6, 6.07) is 0. The summed E-state index contributed by atoms with van der Waals surface area (Å²) in [5.41, 5.74) is 2.05. The zero-order chi connectivity index (χ0) is 22.8. The van der Waals surface area contributed by atoms with Crippen LogP contribution in [0.2, 0.25) is 0 Å². The van der Waals surface area contributed by atoms with E-state index in [0.29, 0.717) is 23.0 Å². The van der Waals surface area contributed by atoms with Gasteiger partial charge in [0, 0.05) is 17.8 Å². The summed E-state index contributed by atoms with van der Waals surface area (Å²) in [5.74, 6) is 4.20. The summed E-state index contributed by atoms with van der Waals surface area (Å²) < 4.78 is 0. The fraction of sp³-hybridized carbons (Fsp3) is 0.897. The number of carbonyl (C=O) groups is 1. The van der Waals surface area contributed by atoms with Gasteiger partial charge in [-0.3, -0.25) is 4.79 Å². The van der Waals surface area contributed by atoms with Gasteiger partial charge in [0.2, 0.25) is 0 Å². The highest BCUT2D eigenvalue weighted by molar-refractivity contribution is 5.81. The Kier molecular flexibility index (Phi) is 6.07. The lowest BCUT2D eigenvalue weighted by Gasteiger charge is -2.61. The topological polar surface area (TPSA) is 37.3 Å². The van der Waals surface area contributed by atoms with Gasteiger partial charge in [0.1, 0.15) is 5.78 Å². The minimum atomic E-state index is -0.203. The Balaban J connectivity index is 1.56. The van der Waals surface area contributed by atoms with Gasteiger partial charge < -0.3 is 5.11 Å². The first kappa shape index (κ1) is 23.5. The van der Waals surface area contributed by atoms with Crippen molar-refractivity contribution in [1.82, 2.24) is 0 Å². The fourth-order valence-corrected chi connectivity index (χ4v) is 9.13. The van der Waals surface area contributed by atoms with E-state index in [1.54, 1.807) is 5.57 Å². The molecule has 3 saturated carbocycles. The Morgan fingerprint density at radius 3 is 2.42 bits per heavy atom. The van der Waals surface area contributed by atoms with Crippen LogP contribution in [-0.4, -0.2) is 17.0 Å². The zero-order valence-electron chi connectivity index (χ0n) is 21.3. The molecule has 0 amide bonds. The molecule has 0 radical (unpaired) electrons. The van der Waals surface area contributed by atoms with E-state index in [9.17, 15) is 9.90 Å². The summed E-state index contributed by atoms with van der Waals surface area (Å²) in [5, 5.41) is 10.7. The van der Waals surface area contributed by atoms with Crippen LogP contribution in [0.4, 0.5) is 0 Å². The predicted octanol–water partition coefficient (Wildman–Crippen LogP) is 7.20. The van der Waals surface area contributed by atoms with E-state index in [-0.39, 0.29) is 22.9 Å². The van der Waals surface area contributed by atoms with Crippen LogP contribution in [0.25, 0.3) is 0 Å². The van der Waals surface area contributed by atoms with Crippen LogP contribution in [0, 0.1) is 51.8 Å². The second-order valence-electron chi connectivity index (χ2n) is 13.3. The third-order valence-electron chi connectivity index (χ3n) is 11.1. The van der Waals surface area contributed by atoms with Crippen LogP contribution in [-0.2, 0) is 4.79 Å². The molecule has 31 heavy (non-hydrogen) atoms. The number of hydrogen-bond acceptors (Lipinski definition) is 2. The quantitative estimate of drug-likeness (QED) is 0.470. The molecule has 0 aromatic rings. The average Bonchev–Trinajstić information content (AvgIpc) is 3.06. The molecule has 0 spiro atoms. The van der Waals surface area contributed by atoms with Gasteiger partial charge in [-0.25, -0.2) is 0 Å². The first-order valence-electron chi connectivity index (χ1n) is 13.3. The molecule has 0 aromatic heterocycles. The molecule has 2 nitrogen and oxygen atoms in total. The van der Waals surface area contributed by atoms with Gasteiger partial charge >= 0.3 is 0 Å². The van der Waals surface area contributed by atoms with E-state index in [2.05, 4.69) is 54.5 Å². The normalized spacial score (nSPS) is 44.8. The van der Waals surface area contributed by atoms with Gasteiger partial charge in [0.15, 0.2) is 0 Å². The van der Waals surface area contributed by atoms with Crippen molar-refractivity contribution in [3.63, 3.8) is 0 Å². The summed E-state index contributed by atoms with van der Waals surface area (Å²) in [6.45, 7) is 16.3. The lowest BCUT2D eigenvalue weighted by Crippen LogP contribution is -2.54. The van der Waals surface area contributed by atoms with Crippen molar-refractivity contribution in [2.45, 2.75) is 112 Å². The second kappa shape index (κ2) is 8.00. The van der Waals surface area contributed by atoms with Crippen molar-refractivity contribution in [3.8, 4) is 0 Å². The number of fused-ring (bicyclic) bond motifs is 5. The summed E-state index contributed by atoms with van der Waals surface area (Å²) >= 11 is 0. The van der Waals surface area contributed by atoms with E-state index >= 15 is 0 Å². The van der Waals surface area contributed by atoms with Crippen molar-refractivity contribution >= 4 is 5.78 Å². The Hall–Kier alpha value is -0.630. The van der Waals surface area contributed by atoms with Gasteiger partial charge in [-0.05, 0) is 91.8 Å². The molecule has 0 saturated heterocycles. The van der Waals surface area contributed by atoms with Crippen LogP contribution in [0.5, 0.6) is 0 Å². The Labute approximate surface area is 191 Å². The van der Waals surface area contributed by atoms with Gasteiger partial charge in [-0.2, -0.15) is 0 Å². The van der Waals surface area contributed by atoms with E-state index in [4.69, 9.17) is 0 Å². The highest BCUT2D eigenvalue weighted by atomic mass is 16.3. The molecule has 3 fully saturated rings. The molecule has 176 valence electrons. The average molecular weight is 429 g/mol. The maximum atomic E-state index is 13.0. The van der Waals surface area contributed by atoms with E-state index in [0.717, 1.165) is 43.4 Å². The molecule has 0 aromatic carbocycles. The van der Waals surface area contributed by atoms with Gasteiger partial charge in [-0.1, -0.05) is 60.1 Å². The largest absolute Gasteiger partial charge is 0.392 e.